The summed E-state index contributed by atoms with van der Waals surface area (Å²) in [5.41, 5.74) is 7.20. The van der Waals surface area contributed by atoms with Gasteiger partial charge in [0.25, 0.3) is 5.91 Å². The number of nitrogens with one attached hydrogen (secondary N) is 1. The van der Waals surface area contributed by atoms with Gasteiger partial charge >= 0.3 is 6.18 Å². The molecule has 232 valence electrons. The Morgan fingerprint density at radius 3 is 2.64 bits per heavy atom. The number of halogens is 3. The number of hydrogen-bond acceptors (Lipinski definition) is 9. The third kappa shape index (κ3) is 6.94. The van der Waals surface area contributed by atoms with Crippen molar-refractivity contribution in [2.24, 2.45) is 0 Å². The summed E-state index contributed by atoms with van der Waals surface area (Å²) in [6.45, 7) is 2.28. The lowest BCUT2D eigenvalue weighted by Crippen LogP contribution is -2.41. The van der Waals surface area contributed by atoms with Crippen molar-refractivity contribution in [3.63, 3.8) is 0 Å². The quantitative estimate of drug-likeness (QED) is 0.254. The molecule has 0 aliphatic carbocycles. The number of nitrogens with zero attached hydrogens (tertiary/aromatic N) is 6. The fraction of sp³-hybridized carbons (Fsp3) is 0.379. The maximum Gasteiger partial charge on any atom is 0.416 e. The Balaban J connectivity index is 1.34. The Labute approximate surface area is 250 Å². The van der Waals surface area contributed by atoms with Crippen LogP contribution in [-0.2, 0) is 20.4 Å². The van der Waals surface area contributed by atoms with Gasteiger partial charge in [0.05, 0.1) is 43.2 Å². The SMILES string of the molecule is COCCOCCC(=O)N1CCCC(n2nc(-c3ccc(C(=O)Nc4cc(C(F)(F)F)ccn4)cc3)c3c(N)ncnc32)C1. The van der Waals surface area contributed by atoms with Crippen LogP contribution in [0.3, 0.4) is 0 Å². The second kappa shape index (κ2) is 13.3. The molecule has 1 atom stereocenters. The molecule has 1 aliphatic rings. The van der Waals surface area contributed by atoms with E-state index in [0.29, 0.717) is 55.2 Å². The fourth-order valence-electron chi connectivity index (χ4n) is 5.04. The molecule has 2 amide bonds. The number of aromatic nitrogens is 5. The minimum atomic E-state index is -4.56. The number of hydrogen-bond donors (Lipinski definition) is 2. The van der Waals surface area contributed by atoms with Crippen LogP contribution in [-0.4, -0.2) is 81.5 Å². The van der Waals surface area contributed by atoms with Crippen molar-refractivity contribution >= 4 is 34.5 Å². The number of nitrogen functional groups attached to an aromatic ring is 1. The average molecular weight is 613 g/mol. The van der Waals surface area contributed by atoms with Crippen molar-refractivity contribution in [3.8, 4) is 11.3 Å². The average Bonchev–Trinajstić information content (AvgIpc) is 3.42. The molecule has 44 heavy (non-hydrogen) atoms. The van der Waals surface area contributed by atoms with Gasteiger partial charge in [-0.25, -0.2) is 19.6 Å². The highest BCUT2D eigenvalue weighted by Gasteiger charge is 2.31. The summed E-state index contributed by atoms with van der Waals surface area (Å²) < 4.78 is 51.3. The number of methoxy groups -OCH3 is 1. The molecule has 3 aromatic heterocycles. The minimum Gasteiger partial charge on any atom is -0.383 e. The van der Waals surface area contributed by atoms with E-state index >= 15 is 0 Å². The van der Waals surface area contributed by atoms with E-state index in [1.807, 2.05) is 0 Å². The highest BCUT2D eigenvalue weighted by Crippen LogP contribution is 2.34. The van der Waals surface area contributed by atoms with Crippen LogP contribution in [0.15, 0.2) is 48.9 Å². The van der Waals surface area contributed by atoms with E-state index in [-0.39, 0.29) is 35.6 Å². The van der Waals surface area contributed by atoms with Gasteiger partial charge < -0.3 is 25.4 Å². The number of pyridine rings is 1. The molecule has 4 aromatic rings. The molecular weight excluding hydrogens is 581 g/mol. The number of carbonyl (C=O) groups is 2. The molecule has 12 nitrogen and oxygen atoms in total. The van der Waals surface area contributed by atoms with Gasteiger partial charge in [-0.3, -0.25) is 9.59 Å². The van der Waals surface area contributed by atoms with Gasteiger partial charge in [-0.05, 0) is 37.1 Å². The number of rotatable bonds is 10. The number of anilines is 2. The lowest BCUT2D eigenvalue weighted by molar-refractivity contribution is -0.137. The standard InChI is InChI=1S/C29H31F3N8O4/c1-43-13-14-44-12-9-23(41)39-11-2-3-21(16-39)40-27-24(26(33)35-17-36-27)25(38-40)18-4-6-19(7-5-18)28(42)37-22-15-20(8-10-34-22)29(30,31)32/h4-8,10,15,17,21H,2-3,9,11-14,16H2,1H3,(H2,33,35,36)(H,34,37,42). The number of ether oxygens (including phenoxy) is 2. The van der Waals surface area contributed by atoms with Gasteiger partial charge in [0.15, 0.2) is 5.65 Å². The summed E-state index contributed by atoms with van der Waals surface area (Å²) >= 11 is 0. The third-order valence-electron chi connectivity index (χ3n) is 7.25. The van der Waals surface area contributed by atoms with Crippen molar-refractivity contribution in [2.45, 2.75) is 31.5 Å². The summed E-state index contributed by atoms with van der Waals surface area (Å²) in [6, 6.07) is 7.81. The molecule has 1 aliphatic heterocycles. The Hall–Kier alpha value is -4.63. The van der Waals surface area contributed by atoms with Gasteiger partial charge in [-0.1, -0.05) is 12.1 Å². The number of carbonyl (C=O) groups excluding carboxylic acids is 2. The van der Waals surface area contributed by atoms with Crippen molar-refractivity contribution in [1.29, 1.82) is 0 Å². The van der Waals surface area contributed by atoms with Crippen LogP contribution in [0.2, 0.25) is 0 Å². The lowest BCUT2D eigenvalue weighted by Gasteiger charge is -2.33. The van der Waals surface area contributed by atoms with Crippen molar-refractivity contribution in [2.75, 3.05) is 51.1 Å². The maximum absolute atomic E-state index is 13.0. The molecule has 4 heterocycles. The molecule has 0 spiro atoms. The highest BCUT2D eigenvalue weighted by molar-refractivity contribution is 6.04. The summed E-state index contributed by atoms with van der Waals surface area (Å²) in [4.78, 5) is 39.8. The van der Waals surface area contributed by atoms with Crippen molar-refractivity contribution in [1.82, 2.24) is 29.6 Å². The molecule has 1 unspecified atom stereocenters. The molecule has 3 N–H and O–H groups in total. The van der Waals surface area contributed by atoms with Gasteiger partial charge in [0.1, 0.15) is 23.7 Å². The normalized spacial score (nSPS) is 15.5. The smallest absolute Gasteiger partial charge is 0.383 e. The van der Waals surface area contributed by atoms with E-state index in [0.717, 1.165) is 31.2 Å². The topological polar surface area (TPSA) is 150 Å². The van der Waals surface area contributed by atoms with Crippen LogP contribution in [0.1, 0.15) is 41.2 Å². The molecule has 15 heteroatoms. The lowest BCUT2D eigenvalue weighted by atomic mass is 10.1. The van der Waals surface area contributed by atoms with E-state index in [4.69, 9.17) is 20.3 Å². The highest BCUT2D eigenvalue weighted by atomic mass is 19.4. The van der Waals surface area contributed by atoms with E-state index in [2.05, 4.69) is 20.3 Å². The monoisotopic (exact) mass is 612 g/mol. The fourth-order valence-corrected chi connectivity index (χ4v) is 5.04. The van der Waals surface area contributed by atoms with Crippen LogP contribution in [0, 0.1) is 0 Å². The minimum absolute atomic E-state index is 0.00728. The van der Waals surface area contributed by atoms with E-state index in [9.17, 15) is 22.8 Å². The van der Waals surface area contributed by atoms with E-state index < -0.39 is 17.6 Å². The number of amides is 2. The zero-order chi connectivity index (χ0) is 31.3. The van der Waals surface area contributed by atoms with Gasteiger partial charge in [0.2, 0.25) is 5.91 Å². The maximum atomic E-state index is 13.0. The first-order chi connectivity index (χ1) is 21.2. The van der Waals surface area contributed by atoms with Crippen LogP contribution in [0.4, 0.5) is 24.8 Å². The first kappa shape index (κ1) is 30.8. The second-order valence-electron chi connectivity index (χ2n) is 10.2. The Morgan fingerprint density at radius 1 is 1.09 bits per heavy atom. The molecule has 0 radical (unpaired) electrons. The van der Waals surface area contributed by atoms with E-state index in [1.165, 1.54) is 18.5 Å². The van der Waals surface area contributed by atoms with Gasteiger partial charge in [-0.15, -0.1) is 0 Å². The second-order valence-corrected chi connectivity index (χ2v) is 10.2. The van der Waals surface area contributed by atoms with E-state index in [1.54, 1.807) is 28.8 Å². The van der Waals surface area contributed by atoms with Gasteiger partial charge in [-0.2, -0.15) is 18.3 Å². The molecule has 0 saturated carbocycles. The van der Waals surface area contributed by atoms with Crippen LogP contribution < -0.4 is 11.1 Å². The van der Waals surface area contributed by atoms with Gasteiger partial charge in [0, 0.05) is 37.5 Å². The van der Waals surface area contributed by atoms with Crippen LogP contribution in [0.5, 0.6) is 0 Å². The third-order valence-corrected chi connectivity index (χ3v) is 7.25. The molecule has 0 bridgehead atoms. The predicted molar refractivity (Wildman–Crippen MR) is 155 cm³/mol. The zero-order valence-corrected chi connectivity index (χ0v) is 23.9. The molecule has 1 saturated heterocycles. The Bertz CT molecular complexity index is 1630. The van der Waals surface area contributed by atoms with Crippen LogP contribution in [0.25, 0.3) is 22.3 Å². The largest absolute Gasteiger partial charge is 0.416 e. The zero-order valence-electron chi connectivity index (χ0n) is 23.9. The summed E-state index contributed by atoms with van der Waals surface area (Å²) in [5.74, 6) is -0.627. The van der Waals surface area contributed by atoms with Crippen molar-refractivity contribution in [3.05, 3.63) is 60.0 Å². The number of piperidine rings is 1. The molecule has 1 aromatic carbocycles. The van der Waals surface area contributed by atoms with Crippen molar-refractivity contribution < 1.29 is 32.2 Å². The Morgan fingerprint density at radius 2 is 1.89 bits per heavy atom. The molecular formula is C29H31F3N8O4. The predicted octanol–water partition coefficient (Wildman–Crippen LogP) is 3.96. The number of likely N-dealkylation sites (tertiary alicyclic amines) is 1. The Kier molecular flexibility index (Phi) is 9.35. The molecule has 1 fully saturated rings. The number of nitrogens with two attached hydrogens (primary N) is 1. The summed E-state index contributed by atoms with van der Waals surface area (Å²) in [5, 5.41) is 7.78. The number of fused-ring (bicyclic) bond motifs is 1. The number of benzene rings is 1. The summed E-state index contributed by atoms with van der Waals surface area (Å²) in [6.07, 6.45) is -0.403. The summed E-state index contributed by atoms with van der Waals surface area (Å²) in [7, 11) is 1.59. The van der Waals surface area contributed by atoms with Crippen LogP contribution >= 0.6 is 0 Å². The number of alkyl halides is 3. The first-order valence-corrected chi connectivity index (χ1v) is 13.9. The first-order valence-electron chi connectivity index (χ1n) is 13.9. The molecule has 5 rings (SSSR count).